The highest BCUT2D eigenvalue weighted by Crippen LogP contribution is 2.44. The largest absolute Gasteiger partial charge is 0.449 e. The number of carbonyl (C=O) groups is 1. The third-order valence-electron chi connectivity index (χ3n) is 4.97. The number of benzene rings is 2. The minimum atomic E-state index is -0.495. The van der Waals surface area contributed by atoms with Gasteiger partial charge in [-0.2, -0.15) is 0 Å². The highest BCUT2D eigenvalue weighted by atomic mass is 19.1. The molecule has 1 heterocycles. The number of aromatic nitrogens is 1. The van der Waals surface area contributed by atoms with Crippen LogP contribution in [0.4, 0.5) is 15.0 Å². The van der Waals surface area contributed by atoms with E-state index in [1.807, 2.05) is 24.3 Å². The van der Waals surface area contributed by atoms with Crippen LogP contribution in [0.25, 0.3) is 11.1 Å². The molecule has 1 aromatic heterocycles. The number of nitrogens with two attached hydrogens (primary N) is 1. The van der Waals surface area contributed by atoms with Gasteiger partial charge in [-0.05, 0) is 28.3 Å². The van der Waals surface area contributed by atoms with Crippen LogP contribution >= 0.6 is 0 Å². The van der Waals surface area contributed by atoms with Gasteiger partial charge in [0.15, 0.2) is 0 Å². The Labute approximate surface area is 174 Å². The summed E-state index contributed by atoms with van der Waals surface area (Å²) in [5, 5.41) is 2.68. The normalized spacial score (nSPS) is 11.8. The van der Waals surface area contributed by atoms with Crippen LogP contribution in [0.2, 0.25) is 0 Å². The number of halogens is 1. The summed E-state index contributed by atoms with van der Waals surface area (Å²) in [4.78, 5) is 15.8. The van der Waals surface area contributed by atoms with Gasteiger partial charge in [0.25, 0.3) is 0 Å². The van der Waals surface area contributed by atoms with Gasteiger partial charge in [0.2, 0.25) is 0 Å². The van der Waals surface area contributed by atoms with Gasteiger partial charge < -0.3 is 15.8 Å². The lowest BCUT2D eigenvalue weighted by molar-refractivity contribution is 0.143. The van der Waals surface area contributed by atoms with Gasteiger partial charge in [0.1, 0.15) is 18.2 Å². The summed E-state index contributed by atoms with van der Waals surface area (Å²) >= 11 is 0. The monoisotopic (exact) mass is 401 g/mol. The van der Waals surface area contributed by atoms with Crippen LogP contribution in [-0.4, -0.2) is 24.2 Å². The molecule has 1 aliphatic carbocycles. The fourth-order valence-corrected chi connectivity index (χ4v) is 3.58. The van der Waals surface area contributed by atoms with Crippen molar-refractivity contribution in [1.82, 2.24) is 10.3 Å². The Hall–Kier alpha value is -3.85. The van der Waals surface area contributed by atoms with E-state index < -0.39 is 11.9 Å². The predicted octanol–water partition coefficient (Wildman–Crippen LogP) is 4.08. The van der Waals surface area contributed by atoms with Gasteiger partial charge in [0.05, 0.1) is 11.8 Å². The van der Waals surface area contributed by atoms with Crippen LogP contribution in [0.3, 0.4) is 0 Å². The maximum Gasteiger partial charge on any atom is 0.407 e. The van der Waals surface area contributed by atoms with E-state index in [2.05, 4.69) is 46.4 Å². The van der Waals surface area contributed by atoms with Crippen LogP contribution in [0.15, 0.2) is 60.8 Å². The summed E-state index contributed by atoms with van der Waals surface area (Å²) in [7, 11) is 0. The Kier molecular flexibility index (Phi) is 5.62. The average Bonchev–Trinajstić information content (AvgIpc) is 3.08. The molecule has 0 unspecified atom stereocenters. The van der Waals surface area contributed by atoms with E-state index in [0.29, 0.717) is 18.5 Å². The summed E-state index contributed by atoms with van der Waals surface area (Å²) in [6.07, 6.45) is 0.921. The standard InChI is InChI=1S/C24H20FN3O2/c25-17-13-16(23(26)28-14-17)7-5-6-12-27-24(29)30-15-22-20-10-3-1-8-18(20)19-9-2-4-11-21(19)22/h1-4,8-11,13-14,22H,6,12,15H2,(H2,26,28)(H,27,29). The van der Waals surface area contributed by atoms with Gasteiger partial charge in [0, 0.05) is 18.9 Å². The van der Waals surface area contributed by atoms with Crippen molar-refractivity contribution in [1.29, 1.82) is 0 Å². The topological polar surface area (TPSA) is 77.2 Å². The Morgan fingerprint density at radius 2 is 1.80 bits per heavy atom. The van der Waals surface area contributed by atoms with Crippen molar-refractivity contribution in [3.8, 4) is 23.0 Å². The van der Waals surface area contributed by atoms with Gasteiger partial charge in [-0.15, -0.1) is 0 Å². The molecule has 3 aromatic rings. The molecule has 0 bridgehead atoms. The van der Waals surface area contributed by atoms with Crippen molar-refractivity contribution >= 4 is 11.9 Å². The smallest absolute Gasteiger partial charge is 0.407 e. The Balaban J connectivity index is 1.30. The molecule has 5 nitrogen and oxygen atoms in total. The minimum absolute atomic E-state index is 0.0198. The fourth-order valence-electron chi connectivity index (χ4n) is 3.58. The number of carbonyl (C=O) groups excluding carboxylic acids is 1. The van der Waals surface area contributed by atoms with E-state index in [1.54, 1.807) is 0 Å². The van der Waals surface area contributed by atoms with E-state index in [0.717, 1.165) is 6.20 Å². The molecule has 0 spiro atoms. The Morgan fingerprint density at radius 1 is 1.13 bits per heavy atom. The number of fused-ring (bicyclic) bond motifs is 3. The fraction of sp³-hybridized carbons (Fsp3) is 0.167. The number of rotatable bonds is 4. The summed E-state index contributed by atoms with van der Waals surface area (Å²) in [5.74, 6) is 5.30. The lowest BCUT2D eigenvalue weighted by atomic mass is 9.98. The molecule has 6 heteroatoms. The first-order valence-corrected chi connectivity index (χ1v) is 9.62. The number of hydrogen-bond acceptors (Lipinski definition) is 4. The molecule has 30 heavy (non-hydrogen) atoms. The molecular weight excluding hydrogens is 381 g/mol. The first-order chi connectivity index (χ1) is 14.6. The number of alkyl carbamates (subject to hydrolysis) is 1. The quantitative estimate of drug-likeness (QED) is 0.510. The van der Waals surface area contributed by atoms with Crippen molar-refractivity contribution in [2.45, 2.75) is 12.3 Å². The lowest BCUT2D eigenvalue weighted by Gasteiger charge is -2.14. The van der Waals surface area contributed by atoms with Crippen molar-refractivity contribution in [2.24, 2.45) is 0 Å². The van der Waals surface area contributed by atoms with Gasteiger partial charge >= 0.3 is 6.09 Å². The zero-order chi connectivity index (χ0) is 20.9. The second kappa shape index (κ2) is 8.66. The number of anilines is 1. The zero-order valence-electron chi connectivity index (χ0n) is 16.2. The van der Waals surface area contributed by atoms with E-state index >= 15 is 0 Å². The summed E-state index contributed by atoms with van der Waals surface area (Å²) in [5.41, 5.74) is 10.7. The molecule has 1 amide bonds. The third-order valence-corrected chi connectivity index (χ3v) is 4.97. The average molecular weight is 401 g/mol. The first-order valence-electron chi connectivity index (χ1n) is 9.62. The van der Waals surface area contributed by atoms with Gasteiger partial charge in [-0.1, -0.05) is 60.4 Å². The maximum atomic E-state index is 13.2. The van der Waals surface area contributed by atoms with Gasteiger partial charge in [-0.3, -0.25) is 0 Å². The first kappa shape index (κ1) is 19.5. The van der Waals surface area contributed by atoms with Gasteiger partial charge in [-0.25, -0.2) is 14.2 Å². The van der Waals surface area contributed by atoms with E-state index in [4.69, 9.17) is 10.5 Å². The Morgan fingerprint density at radius 3 is 2.50 bits per heavy atom. The molecule has 0 atom stereocenters. The van der Waals surface area contributed by atoms with E-state index in [1.165, 1.54) is 28.3 Å². The second-order valence-electron chi connectivity index (χ2n) is 6.89. The predicted molar refractivity (Wildman–Crippen MR) is 113 cm³/mol. The number of nitrogen functional groups attached to an aromatic ring is 1. The molecule has 150 valence electrons. The third kappa shape index (κ3) is 4.11. The number of nitrogens with one attached hydrogen (secondary N) is 1. The summed E-state index contributed by atoms with van der Waals surface area (Å²) in [6.45, 7) is 0.573. The molecule has 0 saturated heterocycles. The molecule has 0 aliphatic heterocycles. The van der Waals surface area contributed by atoms with Crippen LogP contribution in [-0.2, 0) is 4.74 Å². The minimum Gasteiger partial charge on any atom is -0.449 e. The number of hydrogen-bond donors (Lipinski definition) is 2. The van der Waals surface area contributed by atoms with E-state index in [-0.39, 0.29) is 18.3 Å². The van der Waals surface area contributed by atoms with Crippen molar-refractivity contribution in [2.75, 3.05) is 18.9 Å². The number of ether oxygens (including phenoxy) is 1. The van der Waals surface area contributed by atoms with Crippen LogP contribution in [0.1, 0.15) is 29.0 Å². The zero-order valence-corrected chi connectivity index (χ0v) is 16.2. The number of nitrogens with zero attached hydrogens (tertiary/aromatic N) is 1. The summed E-state index contributed by atoms with van der Waals surface area (Å²) < 4.78 is 18.6. The highest BCUT2D eigenvalue weighted by Gasteiger charge is 2.28. The summed E-state index contributed by atoms with van der Waals surface area (Å²) in [6, 6.07) is 17.6. The van der Waals surface area contributed by atoms with Crippen LogP contribution in [0.5, 0.6) is 0 Å². The molecule has 4 rings (SSSR count). The molecule has 0 radical (unpaired) electrons. The second-order valence-corrected chi connectivity index (χ2v) is 6.89. The number of pyridine rings is 1. The Bertz CT molecular complexity index is 1100. The molecule has 1 aliphatic rings. The van der Waals surface area contributed by atoms with E-state index in [9.17, 15) is 9.18 Å². The van der Waals surface area contributed by atoms with Crippen LogP contribution in [0, 0.1) is 17.7 Å². The maximum absolute atomic E-state index is 13.2. The molecule has 3 N–H and O–H groups in total. The molecule has 0 fully saturated rings. The van der Waals surface area contributed by atoms with Crippen molar-refractivity contribution in [3.05, 3.63) is 83.3 Å². The number of amides is 1. The molecule has 2 aromatic carbocycles. The SMILES string of the molecule is Nc1ncc(F)cc1C#CCCNC(=O)OCC1c2ccccc2-c2ccccc21. The molecular formula is C24H20FN3O2. The highest BCUT2D eigenvalue weighted by molar-refractivity contribution is 5.79. The lowest BCUT2D eigenvalue weighted by Crippen LogP contribution is -2.26. The van der Waals surface area contributed by atoms with Crippen LogP contribution < -0.4 is 11.1 Å². The van der Waals surface area contributed by atoms with Crippen molar-refractivity contribution < 1.29 is 13.9 Å². The van der Waals surface area contributed by atoms with Crippen molar-refractivity contribution in [3.63, 3.8) is 0 Å². The molecule has 0 saturated carbocycles.